The van der Waals surface area contributed by atoms with E-state index in [4.69, 9.17) is 29.0 Å². The minimum absolute atomic E-state index is 0.161. The molecule has 0 bridgehead atoms. The lowest BCUT2D eigenvalue weighted by molar-refractivity contribution is 0.419. The van der Waals surface area contributed by atoms with Crippen molar-refractivity contribution in [1.82, 2.24) is 5.43 Å². The first-order valence-corrected chi connectivity index (χ1v) is 7.96. The van der Waals surface area contributed by atoms with Crippen molar-refractivity contribution in [2.45, 2.75) is 31.2 Å². The smallest absolute Gasteiger partial charge is 0.0725 e. The number of halogens is 2. The van der Waals surface area contributed by atoms with Gasteiger partial charge in [0.25, 0.3) is 0 Å². The molecule has 1 aliphatic carbocycles. The third-order valence-electron chi connectivity index (χ3n) is 4.31. The molecule has 1 aliphatic rings. The zero-order chi connectivity index (χ0) is 14.8. The maximum atomic E-state index is 6.30. The van der Waals surface area contributed by atoms with Gasteiger partial charge in [-0.2, -0.15) is 0 Å². The summed E-state index contributed by atoms with van der Waals surface area (Å²) in [6, 6.07) is 14.1. The largest absolute Gasteiger partial charge is 0.271 e. The van der Waals surface area contributed by atoms with Crippen LogP contribution in [0.2, 0.25) is 10.0 Å². The third-order valence-corrected chi connectivity index (χ3v) is 5.14. The molecule has 0 spiro atoms. The van der Waals surface area contributed by atoms with Crippen molar-refractivity contribution in [3.8, 4) is 0 Å². The fourth-order valence-corrected chi connectivity index (χ4v) is 3.23. The lowest BCUT2D eigenvalue weighted by Crippen LogP contribution is -2.29. The van der Waals surface area contributed by atoms with Crippen LogP contribution in [0.5, 0.6) is 0 Å². The van der Waals surface area contributed by atoms with Crippen LogP contribution in [-0.4, -0.2) is 0 Å². The van der Waals surface area contributed by atoms with Crippen LogP contribution in [0.15, 0.2) is 42.5 Å². The van der Waals surface area contributed by atoms with E-state index in [1.165, 1.54) is 24.8 Å². The van der Waals surface area contributed by atoms with Gasteiger partial charge >= 0.3 is 0 Å². The van der Waals surface area contributed by atoms with Gasteiger partial charge in [-0.15, -0.1) is 0 Å². The normalized spacial score (nSPS) is 16.5. The van der Waals surface area contributed by atoms with Crippen LogP contribution in [0.25, 0.3) is 0 Å². The van der Waals surface area contributed by atoms with E-state index in [2.05, 4.69) is 29.7 Å². The lowest BCUT2D eigenvalue weighted by Gasteiger charge is -2.26. The van der Waals surface area contributed by atoms with Gasteiger partial charge in [0.2, 0.25) is 0 Å². The van der Waals surface area contributed by atoms with Gasteiger partial charge < -0.3 is 0 Å². The summed E-state index contributed by atoms with van der Waals surface area (Å²) >= 11 is 12.4. The zero-order valence-electron chi connectivity index (χ0n) is 11.7. The molecule has 2 aromatic carbocycles. The Morgan fingerprint density at radius 1 is 1.05 bits per heavy atom. The van der Waals surface area contributed by atoms with Crippen molar-refractivity contribution in [2.24, 2.45) is 5.84 Å². The van der Waals surface area contributed by atoms with E-state index in [0.717, 1.165) is 17.0 Å². The Kier molecular flexibility index (Phi) is 4.51. The Balaban J connectivity index is 1.90. The van der Waals surface area contributed by atoms with Gasteiger partial charge in [0, 0.05) is 0 Å². The molecule has 2 aromatic rings. The summed E-state index contributed by atoms with van der Waals surface area (Å²) in [5, 5.41) is 1.09. The van der Waals surface area contributed by atoms with E-state index in [9.17, 15) is 0 Å². The SMILES string of the molecule is NNC(c1ccc(C2CCC2)cc1)c1cccc(Cl)c1Cl. The van der Waals surface area contributed by atoms with Gasteiger partial charge in [0.15, 0.2) is 0 Å². The maximum absolute atomic E-state index is 6.30. The van der Waals surface area contributed by atoms with Crippen LogP contribution >= 0.6 is 23.2 Å². The van der Waals surface area contributed by atoms with Gasteiger partial charge in [-0.3, -0.25) is 5.84 Å². The second-order valence-electron chi connectivity index (χ2n) is 5.54. The highest BCUT2D eigenvalue weighted by Crippen LogP contribution is 2.37. The molecule has 3 N–H and O–H groups in total. The topological polar surface area (TPSA) is 38.0 Å². The summed E-state index contributed by atoms with van der Waals surface area (Å²) in [5.41, 5.74) is 6.23. The molecule has 0 radical (unpaired) electrons. The van der Waals surface area contributed by atoms with E-state index in [1.54, 1.807) is 6.07 Å². The number of hydrogen-bond donors (Lipinski definition) is 2. The Morgan fingerprint density at radius 2 is 1.76 bits per heavy atom. The third kappa shape index (κ3) is 2.95. The standard InChI is InChI=1S/C17H18Cl2N2/c18-15-6-2-5-14(16(15)19)17(21-20)13-9-7-12(8-10-13)11-3-1-4-11/h2,5-11,17,21H,1,3-4,20H2. The molecule has 1 saturated carbocycles. The van der Waals surface area contributed by atoms with Crippen molar-refractivity contribution >= 4 is 23.2 Å². The van der Waals surface area contributed by atoms with Crippen LogP contribution in [0, 0.1) is 0 Å². The second-order valence-corrected chi connectivity index (χ2v) is 6.32. The molecule has 0 aliphatic heterocycles. The fourth-order valence-electron chi connectivity index (χ4n) is 2.81. The minimum Gasteiger partial charge on any atom is -0.271 e. The monoisotopic (exact) mass is 320 g/mol. The van der Waals surface area contributed by atoms with Crippen LogP contribution < -0.4 is 11.3 Å². The van der Waals surface area contributed by atoms with E-state index in [1.807, 2.05) is 12.1 Å². The average Bonchev–Trinajstić information content (AvgIpc) is 2.44. The molecule has 2 nitrogen and oxygen atoms in total. The molecule has 0 aromatic heterocycles. The van der Waals surface area contributed by atoms with Crippen molar-refractivity contribution in [3.05, 3.63) is 69.2 Å². The predicted octanol–water partition coefficient (Wildman–Crippen LogP) is 4.81. The van der Waals surface area contributed by atoms with Crippen LogP contribution in [-0.2, 0) is 0 Å². The van der Waals surface area contributed by atoms with Crippen molar-refractivity contribution in [3.63, 3.8) is 0 Å². The van der Waals surface area contributed by atoms with Crippen molar-refractivity contribution in [2.75, 3.05) is 0 Å². The van der Waals surface area contributed by atoms with Crippen molar-refractivity contribution in [1.29, 1.82) is 0 Å². The number of nitrogens with one attached hydrogen (secondary N) is 1. The molecule has 1 fully saturated rings. The lowest BCUT2D eigenvalue weighted by atomic mass is 9.79. The van der Waals surface area contributed by atoms with Crippen LogP contribution in [0.3, 0.4) is 0 Å². The van der Waals surface area contributed by atoms with Gasteiger partial charge in [-0.25, -0.2) is 5.43 Å². The van der Waals surface area contributed by atoms with Crippen LogP contribution in [0.1, 0.15) is 47.9 Å². The highest BCUT2D eigenvalue weighted by molar-refractivity contribution is 6.42. The Bertz CT molecular complexity index is 621. The molecule has 4 heteroatoms. The minimum atomic E-state index is -0.161. The molecule has 3 rings (SSSR count). The Labute approximate surface area is 135 Å². The summed E-state index contributed by atoms with van der Waals surface area (Å²) in [6.45, 7) is 0. The van der Waals surface area contributed by atoms with E-state index in [0.29, 0.717) is 10.0 Å². The molecule has 0 heterocycles. The van der Waals surface area contributed by atoms with Gasteiger partial charge in [0.05, 0.1) is 16.1 Å². The first-order chi connectivity index (χ1) is 10.2. The summed E-state index contributed by atoms with van der Waals surface area (Å²) < 4.78 is 0. The number of rotatable bonds is 4. The molecule has 0 saturated heterocycles. The van der Waals surface area contributed by atoms with Crippen LogP contribution in [0.4, 0.5) is 0 Å². The fraction of sp³-hybridized carbons (Fsp3) is 0.294. The number of nitrogens with two attached hydrogens (primary N) is 1. The van der Waals surface area contributed by atoms with Crippen molar-refractivity contribution < 1.29 is 0 Å². The summed E-state index contributed by atoms with van der Waals surface area (Å²) in [6.07, 6.45) is 3.95. The molecular weight excluding hydrogens is 303 g/mol. The number of hydrogen-bond acceptors (Lipinski definition) is 2. The number of benzene rings is 2. The molecule has 1 unspecified atom stereocenters. The first kappa shape index (κ1) is 14.9. The molecule has 1 atom stereocenters. The van der Waals surface area contributed by atoms with Gasteiger partial charge in [-0.05, 0) is 41.5 Å². The summed E-state index contributed by atoms with van der Waals surface area (Å²) in [5.74, 6) is 6.47. The van der Waals surface area contributed by atoms with Gasteiger partial charge in [0.1, 0.15) is 0 Å². The van der Waals surface area contributed by atoms with E-state index in [-0.39, 0.29) is 6.04 Å². The average molecular weight is 321 g/mol. The van der Waals surface area contributed by atoms with E-state index >= 15 is 0 Å². The maximum Gasteiger partial charge on any atom is 0.0725 e. The quantitative estimate of drug-likeness (QED) is 0.626. The molecule has 0 amide bonds. The highest BCUT2D eigenvalue weighted by Gasteiger charge is 2.21. The second kappa shape index (κ2) is 6.37. The van der Waals surface area contributed by atoms with E-state index < -0.39 is 0 Å². The molecular formula is C17H18Cl2N2. The summed E-state index contributed by atoms with van der Waals surface area (Å²) in [7, 11) is 0. The summed E-state index contributed by atoms with van der Waals surface area (Å²) in [4.78, 5) is 0. The predicted molar refractivity (Wildman–Crippen MR) is 88.7 cm³/mol. The molecule has 21 heavy (non-hydrogen) atoms. The number of hydrazine groups is 1. The zero-order valence-corrected chi connectivity index (χ0v) is 13.2. The highest BCUT2D eigenvalue weighted by atomic mass is 35.5. The Morgan fingerprint density at radius 3 is 2.33 bits per heavy atom. The molecule has 110 valence electrons. The Hall–Kier alpha value is -1.06. The first-order valence-electron chi connectivity index (χ1n) is 7.20. The van der Waals surface area contributed by atoms with Gasteiger partial charge in [-0.1, -0.05) is 66.0 Å².